The molecule has 0 saturated carbocycles. The Morgan fingerprint density at radius 3 is 2.57 bits per heavy atom. The minimum atomic E-state index is -0.725. The molecule has 278 valence electrons. The summed E-state index contributed by atoms with van der Waals surface area (Å²) in [5.41, 5.74) is 4.71. The van der Waals surface area contributed by atoms with Crippen LogP contribution in [0.4, 0.5) is 0 Å². The lowest BCUT2D eigenvalue weighted by Crippen LogP contribution is -2.69. The number of nitrogens with zero attached hydrogens (tertiary/aromatic N) is 3. The third kappa shape index (κ3) is 6.00. The van der Waals surface area contributed by atoms with Crippen molar-refractivity contribution in [1.82, 2.24) is 15.1 Å². The van der Waals surface area contributed by atoms with Gasteiger partial charge in [-0.15, -0.1) is 11.8 Å². The van der Waals surface area contributed by atoms with E-state index in [1.54, 1.807) is 30.8 Å². The van der Waals surface area contributed by atoms with Gasteiger partial charge in [0.2, 0.25) is 6.79 Å². The van der Waals surface area contributed by atoms with Crippen LogP contribution < -0.4 is 24.3 Å². The molecule has 14 heteroatoms. The highest BCUT2D eigenvalue weighted by Crippen LogP contribution is 2.63. The maximum absolute atomic E-state index is 13.2. The molecule has 1 saturated heterocycles. The predicted octanol–water partition coefficient (Wildman–Crippen LogP) is 4.67. The smallest absolute Gasteiger partial charge is 0.308 e. The number of hydrogen-bond donors (Lipinski definition) is 2. The minimum Gasteiger partial charge on any atom is -0.504 e. The van der Waals surface area contributed by atoms with E-state index in [0.717, 1.165) is 11.1 Å². The van der Waals surface area contributed by atoms with Crippen molar-refractivity contribution >= 4 is 30.1 Å². The van der Waals surface area contributed by atoms with Gasteiger partial charge in [-0.2, -0.15) is 5.26 Å². The number of phenolic OH excluding ortho intramolecular Hbond substituents is 1. The summed E-state index contributed by atoms with van der Waals surface area (Å²) in [5.74, 6) is 1.19. The summed E-state index contributed by atoms with van der Waals surface area (Å²) in [7, 11) is 3.48. The summed E-state index contributed by atoms with van der Waals surface area (Å²) >= 11 is 1.54. The predicted molar refractivity (Wildman–Crippen MR) is 194 cm³/mol. The van der Waals surface area contributed by atoms with E-state index < -0.39 is 35.4 Å². The van der Waals surface area contributed by atoms with E-state index in [1.807, 2.05) is 45.2 Å². The summed E-state index contributed by atoms with van der Waals surface area (Å²) < 4.78 is 29.4. The monoisotopic (exact) mass is 742 g/mol. The molecule has 0 aromatic heterocycles. The van der Waals surface area contributed by atoms with Crippen molar-refractivity contribution in [1.29, 1.82) is 5.26 Å². The van der Waals surface area contributed by atoms with E-state index in [2.05, 4.69) is 21.2 Å². The number of rotatable bonds is 10. The van der Waals surface area contributed by atoms with Crippen molar-refractivity contribution in [2.75, 3.05) is 33.3 Å². The molecule has 4 heterocycles. The Hall–Kier alpha value is -4.97. The van der Waals surface area contributed by atoms with Gasteiger partial charge < -0.3 is 34.1 Å². The van der Waals surface area contributed by atoms with Crippen LogP contribution in [0.3, 0.4) is 0 Å². The van der Waals surface area contributed by atoms with Gasteiger partial charge in [-0.25, -0.2) is 0 Å². The largest absolute Gasteiger partial charge is 0.504 e. The van der Waals surface area contributed by atoms with Crippen LogP contribution in [0.5, 0.6) is 28.7 Å². The standard InChI is InChI=1S/C39H42N4O9S/c1-19-12-24-13-25-26(14-40)43-27(15-49-17-44)29-30(35(52-22(4)45)21(3)36-37(29)51-18-50-36)38(32(43)31(42(25)5)28(24)33(46)34(19)48-6)53-16-20(2)41-39(47)23-10-8-7-9-11-23/h7-12,17,20,25-27,31-32,38,46H,13,15-16,18H2,1-6H3,(H,41,47)/t20-,25+,26+,27+,31+,32?,38-/m1/s1. The molecule has 53 heavy (non-hydrogen) atoms. The Balaban J connectivity index is 1.46. The molecule has 0 spiro atoms. The van der Waals surface area contributed by atoms with E-state index >= 15 is 0 Å². The number of aromatic hydroxyl groups is 1. The summed E-state index contributed by atoms with van der Waals surface area (Å²) in [6.45, 7) is 7.10. The number of nitrogens with one attached hydrogen (secondary N) is 1. The number of benzene rings is 3. The fraction of sp³-hybridized carbons (Fsp3) is 0.436. The molecular formula is C39H42N4O9S. The topological polar surface area (TPSA) is 160 Å². The molecule has 7 atom stereocenters. The molecule has 0 aliphatic carbocycles. The number of phenols is 1. The number of methoxy groups -OCH3 is 1. The van der Waals surface area contributed by atoms with Gasteiger partial charge in [0.25, 0.3) is 12.4 Å². The Kier molecular flexibility index (Phi) is 9.92. The van der Waals surface area contributed by atoms with Gasteiger partial charge >= 0.3 is 5.97 Å². The molecule has 3 aromatic rings. The lowest BCUT2D eigenvalue weighted by molar-refractivity contribution is -0.134. The number of carbonyl (C=O) groups excluding carboxylic acids is 3. The Bertz CT molecular complexity index is 2000. The first-order valence-electron chi connectivity index (χ1n) is 17.5. The number of piperazine rings is 1. The zero-order valence-corrected chi connectivity index (χ0v) is 31.2. The van der Waals surface area contributed by atoms with Crippen LogP contribution in [-0.4, -0.2) is 90.7 Å². The summed E-state index contributed by atoms with van der Waals surface area (Å²) in [6, 6.07) is 10.5. The van der Waals surface area contributed by atoms with Crippen LogP contribution in [0.15, 0.2) is 36.4 Å². The highest BCUT2D eigenvalue weighted by Gasteiger charge is 2.60. The highest BCUT2D eigenvalue weighted by atomic mass is 32.2. The molecule has 2 bridgehead atoms. The average molecular weight is 743 g/mol. The number of ether oxygens (including phenoxy) is 5. The van der Waals surface area contributed by atoms with Gasteiger partial charge in [0.05, 0.1) is 30.5 Å². The van der Waals surface area contributed by atoms with Crippen LogP contribution in [0.1, 0.15) is 74.9 Å². The Morgan fingerprint density at radius 1 is 1.15 bits per heavy atom. The second kappa shape index (κ2) is 14.5. The van der Waals surface area contributed by atoms with Crippen molar-refractivity contribution in [3.05, 3.63) is 75.3 Å². The van der Waals surface area contributed by atoms with E-state index in [0.29, 0.717) is 69.5 Å². The highest BCUT2D eigenvalue weighted by molar-refractivity contribution is 7.99. The number of hydrogen-bond acceptors (Lipinski definition) is 13. The molecule has 7 rings (SSSR count). The van der Waals surface area contributed by atoms with Crippen molar-refractivity contribution in [3.8, 4) is 34.8 Å². The van der Waals surface area contributed by atoms with Crippen LogP contribution in [0.2, 0.25) is 0 Å². The molecule has 1 fully saturated rings. The minimum absolute atomic E-state index is 0.0222. The summed E-state index contributed by atoms with van der Waals surface area (Å²) in [4.78, 5) is 42.1. The lowest BCUT2D eigenvalue weighted by Gasteiger charge is -2.61. The third-order valence-electron chi connectivity index (χ3n) is 10.8. The Morgan fingerprint density at radius 2 is 1.89 bits per heavy atom. The zero-order valence-electron chi connectivity index (χ0n) is 30.4. The number of esters is 1. The first kappa shape index (κ1) is 36.4. The van der Waals surface area contributed by atoms with Crippen molar-refractivity contribution in [2.45, 2.75) is 75.6 Å². The number of thioether (sulfide) groups is 1. The maximum atomic E-state index is 13.2. The molecule has 3 aromatic carbocycles. The van der Waals surface area contributed by atoms with Crippen LogP contribution >= 0.6 is 11.8 Å². The fourth-order valence-electron chi connectivity index (χ4n) is 8.75. The molecule has 0 radical (unpaired) electrons. The number of likely N-dealkylation sites (N-methyl/N-ethyl adjacent to an activating group) is 1. The SMILES string of the molecule is COc1c(C)cc2c(c1O)[C@H]1C3[C@H](SC[C@@H](C)NC(=O)c4ccccc4)c4c(OC(C)=O)c(C)c5c(c4[C@H](COC=O)N3[C@@H](C#N)[C@H](C2)N1C)OCO5. The fourth-order valence-corrected chi connectivity index (χ4v) is 10.2. The van der Waals surface area contributed by atoms with Gasteiger partial charge in [0.1, 0.15) is 18.4 Å². The van der Waals surface area contributed by atoms with E-state index in [-0.39, 0.29) is 37.1 Å². The van der Waals surface area contributed by atoms with Crippen molar-refractivity contribution in [3.63, 3.8) is 0 Å². The Labute approximate surface area is 312 Å². The molecule has 13 nitrogen and oxygen atoms in total. The third-order valence-corrected chi connectivity index (χ3v) is 12.4. The van der Waals surface area contributed by atoms with Gasteiger partial charge in [-0.1, -0.05) is 24.3 Å². The van der Waals surface area contributed by atoms with E-state index in [1.165, 1.54) is 14.0 Å². The molecule has 2 N–H and O–H groups in total. The average Bonchev–Trinajstić information content (AvgIpc) is 3.63. The first-order chi connectivity index (χ1) is 25.5. The summed E-state index contributed by atoms with van der Waals surface area (Å²) in [6.07, 6.45) is 0.473. The number of carbonyl (C=O) groups is 3. The van der Waals surface area contributed by atoms with Crippen molar-refractivity contribution in [2.24, 2.45) is 0 Å². The molecule has 1 amide bonds. The van der Waals surface area contributed by atoms with Crippen LogP contribution in [0.25, 0.3) is 0 Å². The number of amides is 1. The van der Waals surface area contributed by atoms with E-state index in [4.69, 9.17) is 23.7 Å². The van der Waals surface area contributed by atoms with E-state index in [9.17, 15) is 24.8 Å². The van der Waals surface area contributed by atoms with Crippen LogP contribution in [0, 0.1) is 25.2 Å². The lowest BCUT2D eigenvalue weighted by atomic mass is 9.71. The quantitative estimate of drug-likeness (QED) is 0.168. The maximum Gasteiger partial charge on any atom is 0.308 e. The number of aryl methyl sites for hydroxylation is 1. The molecule has 4 aliphatic heterocycles. The first-order valence-corrected chi connectivity index (χ1v) is 18.5. The number of fused-ring (bicyclic) bond motifs is 9. The zero-order chi connectivity index (χ0) is 37.7. The van der Waals surface area contributed by atoms with Gasteiger partial charge in [-0.3, -0.25) is 24.2 Å². The molecular weight excluding hydrogens is 701 g/mol. The van der Waals surface area contributed by atoms with Crippen LogP contribution in [-0.2, 0) is 20.7 Å². The van der Waals surface area contributed by atoms with Crippen molar-refractivity contribution < 1.29 is 43.2 Å². The second-order valence-corrected chi connectivity index (χ2v) is 15.1. The normalized spacial score (nSPS) is 24.5. The number of nitriles is 1. The molecule has 1 unspecified atom stereocenters. The second-order valence-electron chi connectivity index (χ2n) is 13.9. The van der Waals surface area contributed by atoms with Gasteiger partial charge in [0.15, 0.2) is 23.0 Å². The molecule has 4 aliphatic rings. The van der Waals surface area contributed by atoms with Gasteiger partial charge in [0, 0.05) is 58.6 Å². The van der Waals surface area contributed by atoms with Gasteiger partial charge in [-0.05, 0) is 57.5 Å². The summed E-state index contributed by atoms with van der Waals surface area (Å²) in [5, 5.41) is 25.5.